The number of pyridine rings is 1. The molecule has 0 radical (unpaired) electrons. The van der Waals surface area contributed by atoms with Gasteiger partial charge in [-0.3, -0.25) is 0 Å². The zero-order valence-corrected chi connectivity index (χ0v) is 11.3. The third kappa shape index (κ3) is 3.33. The van der Waals surface area contributed by atoms with Gasteiger partial charge in [0, 0.05) is 18.5 Å². The quantitative estimate of drug-likeness (QED) is 0.926. The molecule has 0 fully saturated rings. The number of hydrogen-bond acceptors (Lipinski definition) is 5. The van der Waals surface area contributed by atoms with Gasteiger partial charge in [0.2, 0.25) is 0 Å². The van der Waals surface area contributed by atoms with Crippen molar-refractivity contribution in [1.29, 1.82) is 0 Å². The first-order valence-electron chi connectivity index (χ1n) is 5.53. The minimum atomic E-state index is -3.33. The second kappa shape index (κ2) is 5.30. The molecule has 2 rings (SSSR count). The predicted octanol–water partition coefficient (Wildman–Crippen LogP) is 1.98. The van der Waals surface area contributed by atoms with Crippen LogP contribution in [0.2, 0.25) is 0 Å². The van der Waals surface area contributed by atoms with E-state index in [0.29, 0.717) is 5.75 Å². The second-order valence-electron chi connectivity index (χ2n) is 4.03. The van der Waals surface area contributed by atoms with Crippen LogP contribution < -0.4 is 4.74 Å². The van der Waals surface area contributed by atoms with Crippen molar-refractivity contribution in [2.24, 2.45) is 0 Å². The van der Waals surface area contributed by atoms with Crippen molar-refractivity contribution in [3.05, 3.63) is 48.3 Å². The Hall–Kier alpha value is -2.41. The van der Waals surface area contributed by atoms with Gasteiger partial charge in [-0.15, -0.1) is 0 Å². The van der Waals surface area contributed by atoms with Gasteiger partial charge in [-0.1, -0.05) is 6.07 Å². The molecule has 2 aromatic rings. The van der Waals surface area contributed by atoms with E-state index in [9.17, 15) is 13.2 Å². The molecule has 0 aliphatic heterocycles. The lowest BCUT2D eigenvalue weighted by Crippen LogP contribution is -2.00. The van der Waals surface area contributed by atoms with Gasteiger partial charge in [0.05, 0.1) is 4.90 Å². The molecular weight excluding hydrogens is 282 g/mol. The minimum Gasteiger partial charge on any atom is -0.477 e. The standard InChI is InChI=1S/C13H11NO5S/c1-20(17,18)11-4-2-3-9(7-11)19-10-5-6-14-12(8-10)13(15)16/h2-8H,1H3,(H,15,16). The number of hydrogen-bond donors (Lipinski definition) is 1. The summed E-state index contributed by atoms with van der Waals surface area (Å²) in [5, 5.41) is 8.83. The van der Waals surface area contributed by atoms with Crippen molar-refractivity contribution in [2.45, 2.75) is 4.90 Å². The summed E-state index contributed by atoms with van der Waals surface area (Å²) in [6.07, 6.45) is 2.40. The van der Waals surface area contributed by atoms with Crippen LogP contribution in [0, 0.1) is 0 Å². The van der Waals surface area contributed by atoms with Crippen molar-refractivity contribution in [2.75, 3.05) is 6.26 Å². The van der Waals surface area contributed by atoms with Gasteiger partial charge in [-0.05, 0) is 24.3 Å². The van der Waals surface area contributed by atoms with E-state index in [1.165, 1.54) is 30.5 Å². The van der Waals surface area contributed by atoms with E-state index in [1.807, 2.05) is 0 Å². The molecule has 6 nitrogen and oxygen atoms in total. The fourth-order valence-electron chi connectivity index (χ4n) is 1.50. The van der Waals surface area contributed by atoms with Crippen molar-refractivity contribution in [3.8, 4) is 11.5 Å². The smallest absolute Gasteiger partial charge is 0.354 e. The fraction of sp³-hybridized carbons (Fsp3) is 0.0769. The average molecular weight is 293 g/mol. The Bertz CT molecular complexity index is 755. The molecule has 0 aliphatic carbocycles. The van der Waals surface area contributed by atoms with Gasteiger partial charge < -0.3 is 9.84 Å². The molecule has 0 spiro atoms. The Morgan fingerprint density at radius 1 is 1.20 bits per heavy atom. The molecule has 0 amide bonds. The third-order valence-corrected chi connectivity index (χ3v) is 3.53. The van der Waals surface area contributed by atoms with Gasteiger partial charge in [0.1, 0.15) is 11.5 Å². The molecule has 0 aliphatic rings. The lowest BCUT2D eigenvalue weighted by Gasteiger charge is -2.07. The summed E-state index contributed by atoms with van der Waals surface area (Å²) in [5.41, 5.74) is -0.151. The van der Waals surface area contributed by atoms with Crippen LogP contribution >= 0.6 is 0 Å². The predicted molar refractivity (Wildman–Crippen MR) is 70.8 cm³/mol. The van der Waals surface area contributed by atoms with E-state index in [0.717, 1.165) is 6.26 Å². The van der Waals surface area contributed by atoms with E-state index in [-0.39, 0.29) is 16.3 Å². The molecule has 104 valence electrons. The number of benzene rings is 1. The highest BCUT2D eigenvalue weighted by Gasteiger charge is 2.10. The molecule has 0 bridgehead atoms. The Kier molecular flexibility index (Phi) is 3.71. The Morgan fingerprint density at radius 3 is 2.55 bits per heavy atom. The zero-order chi connectivity index (χ0) is 14.8. The molecular formula is C13H11NO5S. The maximum atomic E-state index is 11.4. The molecule has 0 atom stereocenters. The maximum Gasteiger partial charge on any atom is 0.354 e. The van der Waals surface area contributed by atoms with E-state index < -0.39 is 15.8 Å². The topological polar surface area (TPSA) is 93.6 Å². The summed E-state index contributed by atoms with van der Waals surface area (Å²) >= 11 is 0. The Balaban J connectivity index is 2.31. The van der Waals surface area contributed by atoms with Crippen LogP contribution in [0.4, 0.5) is 0 Å². The number of aromatic carboxylic acids is 1. The zero-order valence-electron chi connectivity index (χ0n) is 10.5. The van der Waals surface area contributed by atoms with E-state index in [1.54, 1.807) is 12.1 Å². The highest BCUT2D eigenvalue weighted by atomic mass is 32.2. The van der Waals surface area contributed by atoms with Gasteiger partial charge in [0.25, 0.3) is 0 Å². The van der Waals surface area contributed by atoms with E-state index in [4.69, 9.17) is 9.84 Å². The molecule has 0 saturated carbocycles. The molecule has 7 heteroatoms. The minimum absolute atomic E-state index is 0.127. The fourth-order valence-corrected chi connectivity index (χ4v) is 2.15. The first-order valence-corrected chi connectivity index (χ1v) is 7.43. The third-order valence-electron chi connectivity index (χ3n) is 2.42. The molecule has 0 saturated heterocycles. The average Bonchev–Trinajstić information content (AvgIpc) is 2.38. The summed E-state index contributed by atoms with van der Waals surface area (Å²) in [6.45, 7) is 0. The van der Waals surface area contributed by atoms with Crippen LogP contribution in [-0.2, 0) is 9.84 Å². The number of ether oxygens (including phenoxy) is 1. The molecule has 1 N–H and O–H groups in total. The van der Waals surface area contributed by atoms with E-state index in [2.05, 4.69) is 4.98 Å². The van der Waals surface area contributed by atoms with Crippen LogP contribution in [0.1, 0.15) is 10.5 Å². The van der Waals surface area contributed by atoms with Crippen molar-refractivity contribution >= 4 is 15.8 Å². The summed E-state index contributed by atoms with van der Waals surface area (Å²) in [6, 6.07) is 8.70. The number of carbonyl (C=O) groups is 1. The van der Waals surface area contributed by atoms with Gasteiger partial charge in [-0.2, -0.15) is 0 Å². The maximum absolute atomic E-state index is 11.4. The number of carboxylic acid groups (broad SMARTS) is 1. The number of carboxylic acids is 1. The van der Waals surface area contributed by atoms with E-state index >= 15 is 0 Å². The van der Waals surface area contributed by atoms with Gasteiger partial charge >= 0.3 is 5.97 Å². The highest BCUT2D eigenvalue weighted by molar-refractivity contribution is 7.90. The highest BCUT2D eigenvalue weighted by Crippen LogP contribution is 2.24. The normalized spacial score (nSPS) is 11.1. The van der Waals surface area contributed by atoms with Crippen LogP contribution in [0.15, 0.2) is 47.5 Å². The number of nitrogens with zero attached hydrogens (tertiary/aromatic N) is 1. The first kappa shape index (κ1) is 14.0. The van der Waals surface area contributed by atoms with Crippen LogP contribution in [0.5, 0.6) is 11.5 Å². The monoisotopic (exact) mass is 293 g/mol. The molecule has 1 aromatic carbocycles. The molecule has 1 aromatic heterocycles. The number of rotatable bonds is 4. The van der Waals surface area contributed by atoms with Crippen LogP contribution in [0.25, 0.3) is 0 Å². The molecule has 0 unspecified atom stereocenters. The van der Waals surface area contributed by atoms with Crippen LogP contribution in [-0.4, -0.2) is 30.7 Å². The summed E-state index contributed by atoms with van der Waals surface area (Å²) in [7, 11) is -3.33. The Labute approximate surface area is 115 Å². The van der Waals surface area contributed by atoms with Gasteiger partial charge in [0.15, 0.2) is 15.5 Å². The van der Waals surface area contributed by atoms with Crippen molar-refractivity contribution in [3.63, 3.8) is 0 Å². The van der Waals surface area contributed by atoms with Crippen LogP contribution in [0.3, 0.4) is 0 Å². The summed E-state index contributed by atoms with van der Waals surface area (Å²) < 4.78 is 28.3. The summed E-state index contributed by atoms with van der Waals surface area (Å²) in [4.78, 5) is 14.6. The van der Waals surface area contributed by atoms with Crippen molar-refractivity contribution < 1.29 is 23.1 Å². The Morgan fingerprint density at radius 2 is 1.90 bits per heavy atom. The lowest BCUT2D eigenvalue weighted by atomic mass is 10.3. The summed E-state index contributed by atoms with van der Waals surface area (Å²) in [5.74, 6) is -0.598. The lowest BCUT2D eigenvalue weighted by molar-refractivity contribution is 0.0690. The SMILES string of the molecule is CS(=O)(=O)c1cccc(Oc2ccnc(C(=O)O)c2)c1. The number of aromatic nitrogens is 1. The largest absolute Gasteiger partial charge is 0.477 e. The number of sulfone groups is 1. The first-order chi connectivity index (χ1) is 9.36. The van der Waals surface area contributed by atoms with Gasteiger partial charge in [-0.25, -0.2) is 18.2 Å². The molecule has 1 heterocycles. The van der Waals surface area contributed by atoms with Crippen molar-refractivity contribution in [1.82, 2.24) is 4.98 Å². The second-order valence-corrected chi connectivity index (χ2v) is 6.05. The molecule has 20 heavy (non-hydrogen) atoms.